The molecule has 2 heteroatoms. The fourth-order valence-corrected chi connectivity index (χ4v) is 3.83. The number of carboxylic acid groups (broad SMARTS) is 1. The van der Waals surface area contributed by atoms with E-state index in [0.29, 0.717) is 0 Å². The molecule has 0 radical (unpaired) electrons. The highest BCUT2D eigenvalue weighted by Crippen LogP contribution is 2.48. The molecule has 2 aromatic carbocycles. The summed E-state index contributed by atoms with van der Waals surface area (Å²) in [6.07, 6.45) is 2.60. The monoisotopic (exact) mass is 238 g/mol. The van der Waals surface area contributed by atoms with Crippen molar-refractivity contribution in [2.24, 2.45) is 5.92 Å². The number of rotatable bonds is 1. The summed E-state index contributed by atoms with van der Waals surface area (Å²) in [5.41, 5.74) is 4.04. The van der Waals surface area contributed by atoms with Crippen LogP contribution in [0.1, 0.15) is 29.0 Å². The van der Waals surface area contributed by atoms with Crippen LogP contribution in [0.5, 0.6) is 0 Å². The van der Waals surface area contributed by atoms with Gasteiger partial charge in [-0.15, -0.1) is 0 Å². The lowest BCUT2D eigenvalue weighted by Gasteiger charge is -2.28. The molecule has 2 unspecified atom stereocenters. The maximum absolute atomic E-state index is 11.4. The third-order valence-electron chi connectivity index (χ3n) is 4.60. The van der Waals surface area contributed by atoms with Crippen LogP contribution in [0, 0.1) is 5.92 Å². The molecule has 0 fully saturated rings. The van der Waals surface area contributed by atoms with Gasteiger partial charge in [0.1, 0.15) is 0 Å². The number of hydrogen-bond donors (Lipinski definition) is 1. The topological polar surface area (TPSA) is 37.3 Å². The van der Waals surface area contributed by atoms with E-state index in [0.717, 1.165) is 19.3 Å². The standard InChI is InChI=1S/C16H14O2/c17-16(18)12-7-6-10-5-4-9-2-1-3-11-8-13(12)15(10)14(9)11/h1-5,12-13H,6-8H2,(H,17,18). The maximum Gasteiger partial charge on any atom is 0.307 e. The molecule has 0 saturated heterocycles. The van der Waals surface area contributed by atoms with E-state index in [4.69, 9.17) is 0 Å². The van der Waals surface area contributed by atoms with Crippen LogP contribution in [0.2, 0.25) is 0 Å². The number of benzene rings is 2. The van der Waals surface area contributed by atoms with Crippen molar-refractivity contribution in [3.05, 3.63) is 47.0 Å². The van der Waals surface area contributed by atoms with Gasteiger partial charge in [-0.2, -0.15) is 0 Å². The Balaban J connectivity index is 2.03. The fourth-order valence-electron chi connectivity index (χ4n) is 3.83. The van der Waals surface area contributed by atoms with Crippen LogP contribution >= 0.6 is 0 Å². The first-order valence-electron chi connectivity index (χ1n) is 6.52. The fraction of sp³-hybridized carbons (Fsp3) is 0.312. The summed E-state index contributed by atoms with van der Waals surface area (Å²) >= 11 is 0. The van der Waals surface area contributed by atoms with E-state index in [1.165, 1.54) is 27.5 Å². The van der Waals surface area contributed by atoms with Crippen LogP contribution in [0.4, 0.5) is 0 Å². The average molecular weight is 238 g/mol. The lowest BCUT2D eigenvalue weighted by atomic mass is 9.75. The summed E-state index contributed by atoms with van der Waals surface area (Å²) in [6, 6.07) is 10.7. The minimum absolute atomic E-state index is 0.199. The highest BCUT2D eigenvalue weighted by molar-refractivity contribution is 5.93. The summed E-state index contributed by atoms with van der Waals surface area (Å²) < 4.78 is 0. The molecule has 2 atom stereocenters. The van der Waals surface area contributed by atoms with Crippen LogP contribution in [0.15, 0.2) is 30.3 Å². The van der Waals surface area contributed by atoms with Gasteiger partial charge in [0, 0.05) is 5.92 Å². The molecule has 4 rings (SSSR count). The lowest BCUT2D eigenvalue weighted by molar-refractivity contribution is -0.143. The summed E-state index contributed by atoms with van der Waals surface area (Å²) in [4.78, 5) is 11.4. The highest BCUT2D eigenvalue weighted by Gasteiger charge is 2.39. The van der Waals surface area contributed by atoms with Gasteiger partial charge in [-0.1, -0.05) is 30.3 Å². The third kappa shape index (κ3) is 1.15. The molecule has 18 heavy (non-hydrogen) atoms. The van der Waals surface area contributed by atoms with Gasteiger partial charge >= 0.3 is 5.97 Å². The van der Waals surface area contributed by atoms with E-state index in [1.54, 1.807) is 0 Å². The van der Waals surface area contributed by atoms with Crippen LogP contribution < -0.4 is 0 Å². The first-order chi connectivity index (χ1) is 8.75. The van der Waals surface area contributed by atoms with Gasteiger partial charge in [0.15, 0.2) is 0 Å². The molecule has 0 spiro atoms. The van der Waals surface area contributed by atoms with Crippen LogP contribution in [0.3, 0.4) is 0 Å². The minimum atomic E-state index is -0.629. The van der Waals surface area contributed by atoms with Crippen molar-refractivity contribution in [2.75, 3.05) is 0 Å². The Bertz CT molecular complexity index is 672. The van der Waals surface area contributed by atoms with Gasteiger partial charge in [-0.3, -0.25) is 4.79 Å². The number of carbonyl (C=O) groups is 1. The van der Waals surface area contributed by atoms with Gasteiger partial charge in [-0.25, -0.2) is 0 Å². The van der Waals surface area contributed by atoms with Gasteiger partial charge in [-0.05, 0) is 46.7 Å². The predicted octanol–water partition coefficient (Wildman–Crippen LogP) is 3.13. The summed E-state index contributed by atoms with van der Waals surface area (Å²) in [7, 11) is 0. The van der Waals surface area contributed by atoms with Crippen LogP contribution in [-0.4, -0.2) is 11.1 Å². The summed E-state index contributed by atoms with van der Waals surface area (Å²) in [5.74, 6) is -0.627. The van der Waals surface area contributed by atoms with E-state index < -0.39 is 5.97 Å². The molecule has 0 aromatic heterocycles. The second kappa shape index (κ2) is 3.35. The molecule has 90 valence electrons. The Labute approximate surface area is 105 Å². The predicted molar refractivity (Wildman–Crippen MR) is 69.8 cm³/mol. The van der Waals surface area contributed by atoms with Gasteiger partial charge in [0.05, 0.1) is 5.92 Å². The van der Waals surface area contributed by atoms with Gasteiger partial charge in [0.25, 0.3) is 0 Å². The molecule has 2 aliphatic rings. The average Bonchev–Trinajstić information content (AvgIpc) is 2.76. The molecule has 2 nitrogen and oxygen atoms in total. The molecule has 0 aliphatic heterocycles. The molecule has 1 N–H and O–H groups in total. The zero-order valence-corrected chi connectivity index (χ0v) is 10.0. The quantitative estimate of drug-likeness (QED) is 0.828. The molecule has 2 aliphatic carbocycles. The zero-order chi connectivity index (χ0) is 12.3. The third-order valence-corrected chi connectivity index (χ3v) is 4.60. The molecule has 0 amide bonds. The van der Waals surface area contributed by atoms with E-state index in [-0.39, 0.29) is 11.8 Å². The van der Waals surface area contributed by atoms with Crippen LogP contribution in [-0.2, 0) is 17.6 Å². The first-order valence-corrected chi connectivity index (χ1v) is 6.52. The normalized spacial score (nSPS) is 24.4. The van der Waals surface area contributed by atoms with Crippen molar-refractivity contribution in [3.63, 3.8) is 0 Å². The highest BCUT2D eigenvalue weighted by atomic mass is 16.4. The zero-order valence-electron chi connectivity index (χ0n) is 10.0. The number of aliphatic carboxylic acids is 1. The Morgan fingerprint density at radius 1 is 1.17 bits per heavy atom. The molecule has 0 saturated carbocycles. The van der Waals surface area contributed by atoms with E-state index in [2.05, 4.69) is 30.3 Å². The van der Waals surface area contributed by atoms with Crippen LogP contribution in [0.25, 0.3) is 10.8 Å². The van der Waals surface area contributed by atoms with Gasteiger partial charge in [0.2, 0.25) is 0 Å². The SMILES string of the molecule is O=C(O)C1CCc2ccc3cccc4c3c2C1C4. The van der Waals surface area contributed by atoms with Crippen molar-refractivity contribution >= 4 is 16.7 Å². The summed E-state index contributed by atoms with van der Waals surface area (Å²) in [5, 5.41) is 12.0. The Kier molecular flexibility index (Phi) is 1.88. The molecule has 2 aromatic rings. The van der Waals surface area contributed by atoms with Crippen molar-refractivity contribution in [1.82, 2.24) is 0 Å². The Morgan fingerprint density at radius 3 is 2.89 bits per heavy atom. The van der Waals surface area contributed by atoms with E-state index in [1.807, 2.05) is 0 Å². The molecule has 0 bridgehead atoms. The van der Waals surface area contributed by atoms with E-state index >= 15 is 0 Å². The van der Waals surface area contributed by atoms with Crippen molar-refractivity contribution in [1.29, 1.82) is 0 Å². The second-order valence-electron chi connectivity index (χ2n) is 5.45. The molecule has 0 heterocycles. The van der Waals surface area contributed by atoms with E-state index in [9.17, 15) is 9.90 Å². The lowest BCUT2D eigenvalue weighted by Crippen LogP contribution is -2.26. The number of hydrogen-bond acceptors (Lipinski definition) is 1. The minimum Gasteiger partial charge on any atom is -0.481 e. The van der Waals surface area contributed by atoms with Gasteiger partial charge < -0.3 is 5.11 Å². The first kappa shape index (κ1) is 10.1. The van der Waals surface area contributed by atoms with Crippen molar-refractivity contribution < 1.29 is 9.90 Å². The smallest absolute Gasteiger partial charge is 0.307 e. The van der Waals surface area contributed by atoms with Crippen molar-refractivity contribution in [3.8, 4) is 0 Å². The largest absolute Gasteiger partial charge is 0.481 e. The van der Waals surface area contributed by atoms with Crippen molar-refractivity contribution in [2.45, 2.75) is 25.2 Å². The summed E-state index contributed by atoms with van der Waals surface area (Å²) in [6.45, 7) is 0. The Morgan fingerprint density at radius 2 is 2.06 bits per heavy atom. The maximum atomic E-state index is 11.4. The number of carboxylic acids is 1. The Hall–Kier alpha value is -1.83. The molecular formula is C16H14O2. The number of aryl methyl sites for hydroxylation is 1. The second-order valence-corrected chi connectivity index (χ2v) is 5.45. The molecular weight excluding hydrogens is 224 g/mol.